The van der Waals surface area contributed by atoms with E-state index in [2.05, 4.69) is 85.5 Å². The fourth-order valence-corrected chi connectivity index (χ4v) is 8.32. The molecule has 6 rings (SSSR count). The molecule has 1 aliphatic heterocycles. The highest BCUT2D eigenvalue weighted by Crippen LogP contribution is 2.55. The molecule has 7 heteroatoms. The summed E-state index contributed by atoms with van der Waals surface area (Å²) in [6.07, 6.45) is 3.27. The normalized spacial score (nSPS) is 19.2. The lowest BCUT2D eigenvalue weighted by Gasteiger charge is -2.49. The van der Waals surface area contributed by atoms with E-state index >= 15 is 0 Å². The maximum atomic E-state index is 14.3. The van der Waals surface area contributed by atoms with Gasteiger partial charge in [0.2, 0.25) is 0 Å². The third kappa shape index (κ3) is 6.52. The van der Waals surface area contributed by atoms with Crippen molar-refractivity contribution in [2.75, 3.05) is 13.7 Å². The molecule has 3 aliphatic rings. The van der Waals surface area contributed by atoms with Crippen molar-refractivity contribution < 1.29 is 19.1 Å². The molecule has 0 N–H and O–H groups in total. The van der Waals surface area contributed by atoms with Crippen LogP contribution in [0.5, 0.6) is 11.5 Å². The van der Waals surface area contributed by atoms with Crippen LogP contribution in [0.1, 0.15) is 76.0 Å². The predicted molar refractivity (Wildman–Crippen MR) is 191 cm³/mol. The van der Waals surface area contributed by atoms with Crippen LogP contribution in [0, 0.1) is 14.4 Å². The van der Waals surface area contributed by atoms with Gasteiger partial charge in [-0.15, -0.1) is 0 Å². The number of hydrogen-bond acceptors (Lipinski definition) is 5. The van der Waals surface area contributed by atoms with Crippen molar-refractivity contribution in [3.05, 3.63) is 115 Å². The van der Waals surface area contributed by atoms with Crippen LogP contribution in [0.25, 0.3) is 0 Å². The van der Waals surface area contributed by atoms with Gasteiger partial charge in [-0.05, 0) is 82.0 Å². The van der Waals surface area contributed by atoms with E-state index in [4.69, 9.17) is 21.1 Å². The zero-order valence-electron chi connectivity index (χ0n) is 27.2. The molecule has 0 saturated carbocycles. The third-order valence-corrected chi connectivity index (χ3v) is 10.6. The molecule has 0 fully saturated rings. The van der Waals surface area contributed by atoms with E-state index in [1.807, 2.05) is 36.4 Å². The van der Waals surface area contributed by atoms with Crippen LogP contribution >= 0.6 is 34.2 Å². The average Bonchev–Trinajstić information content (AvgIpc) is 2.99. The van der Waals surface area contributed by atoms with E-state index in [0.717, 1.165) is 63.0 Å². The van der Waals surface area contributed by atoms with Gasteiger partial charge in [-0.1, -0.05) is 87.8 Å². The molecule has 0 unspecified atom stereocenters. The van der Waals surface area contributed by atoms with Gasteiger partial charge < -0.3 is 14.4 Å². The third-order valence-electron chi connectivity index (χ3n) is 9.40. The molecule has 2 aliphatic carbocycles. The maximum Gasteiger partial charge on any atom is 0.174 e. The van der Waals surface area contributed by atoms with Crippen LogP contribution in [0.4, 0.5) is 0 Å². The maximum absolute atomic E-state index is 14.3. The van der Waals surface area contributed by atoms with Crippen molar-refractivity contribution in [1.29, 1.82) is 0 Å². The number of carbonyl (C=O) groups excluding carboxylic acids is 2. The van der Waals surface area contributed by atoms with Crippen LogP contribution in [-0.2, 0) is 22.6 Å². The quantitative estimate of drug-likeness (QED) is 0.215. The molecule has 3 aromatic rings. The average molecular weight is 750 g/mol. The van der Waals surface area contributed by atoms with Gasteiger partial charge in [-0.25, -0.2) is 0 Å². The highest BCUT2D eigenvalue weighted by atomic mass is 127. The monoisotopic (exact) mass is 749 g/mol. The summed E-state index contributed by atoms with van der Waals surface area (Å²) in [7, 11) is 1.63. The standard InChI is InChI=1S/C39H41ClINO4/c1-38(2)19-29-35(31(43)21-38)34(26-17-28(41)37(33(18-26)45-5)46-23-25-13-9-10-14-27(25)40)36-30(20-39(3,4)22-32(36)44)42(29)16-15-24-11-7-6-8-12-24/h6-14,17-18,34H,15-16,19-23H2,1-5H3. The first-order valence-corrected chi connectivity index (χ1v) is 17.4. The molecule has 0 saturated heterocycles. The zero-order chi connectivity index (χ0) is 32.8. The minimum atomic E-state index is -0.454. The van der Waals surface area contributed by atoms with Gasteiger partial charge in [0, 0.05) is 58.4 Å². The minimum absolute atomic E-state index is 0.123. The molecule has 1 heterocycles. The lowest BCUT2D eigenvalue weighted by molar-refractivity contribution is -0.119. The van der Waals surface area contributed by atoms with Crippen LogP contribution < -0.4 is 9.47 Å². The van der Waals surface area contributed by atoms with Gasteiger partial charge in [0.15, 0.2) is 23.1 Å². The fourth-order valence-electron chi connectivity index (χ4n) is 7.35. The van der Waals surface area contributed by atoms with E-state index in [1.165, 1.54) is 5.56 Å². The molecule has 0 spiro atoms. The number of rotatable bonds is 8. The second-order valence-electron chi connectivity index (χ2n) is 14.3. The number of nitrogens with zero attached hydrogens (tertiary/aromatic N) is 1. The molecule has 0 radical (unpaired) electrons. The Morgan fingerprint density at radius 3 is 2.02 bits per heavy atom. The lowest BCUT2D eigenvalue weighted by atomic mass is 9.63. The SMILES string of the molecule is COc1cc(C2C3=C(CC(C)(C)CC3=O)N(CCc3ccccc3)C3=C2C(=O)CC(C)(C)C3)cc(I)c1OCc1ccccc1Cl. The number of hydrogen-bond donors (Lipinski definition) is 0. The molecule has 5 nitrogen and oxygen atoms in total. The molecule has 0 bridgehead atoms. The Morgan fingerprint density at radius 2 is 1.43 bits per heavy atom. The summed E-state index contributed by atoms with van der Waals surface area (Å²) in [5.41, 5.74) is 6.31. The Balaban J connectivity index is 1.48. The Kier molecular flexibility index (Phi) is 9.16. The first-order valence-electron chi connectivity index (χ1n) is 15.9. The van der Waals surface area contributed by atoms with Crippen molar-refractivity contribution in [1.82, 2.24) is 4.90 Å². The van der Waals surface area contributed by atoms with Gasteiger partial charge >= 0.3 is 0 Å². The summed E-state index contributed by atoms with van der Waals surface area (Å²) in [5, 5.41) is 0.642. The van der Waals surface area contributed by atoms with E-state index in [0.29, 0.717) is 29.4 Å². The summed E-state index contributed by atoms with van der Waals surface area (Å²) in [6, 6.07) is 22.1. The number of ketones is 2. The topological polar surface area (TPSA) is 55.8 Å². The Labute approximate surface area is 291 Å². The highest BCUT2D eigenvalue weighted by Gasteiger charge is 2.49. The van der Waals surface area contributed by atoms with Gasteiger partial charge in [0.25, 0.3) is 0 Å². The number of Topliss-reactive ketones (excluding diaryl/α,β-unsaturated/α-hetero) is 2. The summed E-state index contributed by atoms with van der Waals surface area (Å²) in [4.78, 5) is 30.9. The molecule has 46 heavy (non-hydrogen) atoms. The summed E-state index contributed by atoms with van der Waals surface area (Å²) >= 11 is 8.68. The number of ether oxygens (including phenoxy) is 2. The van der Waals surface area contributed by atoms with Crippen LogP contribution in [0.2, 0.25) is 5.02 Å². The smallest absolute Gasteiger partial charge is 0.174 e. The molecule has 240 valence electrons. The molecular weight excluding hydrogens is 709 g/mol. The van der Waals surface area contributed by atoms with Gasteiger partial charge in [0.05, 0.1) is 10.7 Å². The molecular formula is C39H41ClINO4. The Morgan fingerprint density at radius 1 is 0.848 bits per heavy atom. The first kappa shape index (κ1) is 32.8. The van der Waals surface area contributed by atoms with Gasteiger partial charge in [-0.2, -0.15) is 0 Å². The lowest BCUT2D eigenvalue weighted by Crippen LogP contribution is -2.45. The van der Waals surface area contributed by atoms with Gasteiger partial charge in [0.1, 0.15) is 6.61 Å². The summed E-state index contributed by atoms with van der Waals surface area (Å²) in [5.74, 6) is 0.973. The van der Waals surface area contributed by atoms with Gasteiger partial charge in [-0.3, -0.25) is 9.59 Å². The van der Waals surface area contributed by atoms with Crippen molar-refractivity contribution in [2.45, 2.75) is 72.3 Å². The number of carbonyl (C=O) groups is 2. The van der Waals surface area contributed by atoms with E-state index in [-0.39, 0.29) is 29.0 Å². The second kappa shape index (κ2) is 12.8. The predicted octanol–water partition coefficient (Wildman–Crippen LogP) is 9.46. The van der Waals surface area contributed by atoms with Crippen molar-refractivity contribution in [2.24, 2.45) is 10.8 Å². The van der Waals surface area contributed by atoms with E-state index in [9.17, 15) is 9.59 Å². The van der Waals surface area contributed by atoms with Crippen molar-refractivity contribution in [3.63, 3.8) is 0 Å². The van der Waals surface area contributed by atoms with Crippen LogP contribution in [-0.4, -0.2) is 30.1 Å². The van der Waals surface area contributed by atoms with E-state index in [1.54, 1.807) is 7.11 Å². The Bertz CT molecular complexity index is 1700. The van der Waals surface area contributed by atoms with Crippen LogP contribution in [0.15, 0.2) is 89.3 Å². The van der Waals surface area contributed by atoms with E-state index < -0.39 is 5.92 Å². The summed E-state index contributed by atoms with van der Waals surface area (Å²) < 4.78 is 13.0. The van der Waals surface area contributed by atoms with Crippen molar-refractivity contribution in [3.8, 4) is 11.5 Å². The largest absolute Gasteiger partial charge is 0.493 e. The Hall–Kier alpha value is -3.10. The summed E-state index contributed by atoms with van der Waals surface area (Å²) in [6.45, 7) is 9.71. The number of methoxy groups -OCH3 is 1. The molecule has 0 aromatic heterocycles. The first-order chi connectivity index (χ1) is 21.9. The number of allylic oxidation sites excluding steroid dienone is 4. The fraction of sp³-hybridized carbons (Fsp3) is 0.385. The highest BCUT2D eigenvalue weighted by molar-refractivity contribution is 14.1. The van der Waals surface area contributed by atoms with Crippen molar-refractivity contribution >= 4 is 45.8 Å². The minimum Gasteiger partial charge on any atom is -0.493 e. The zero-order valence-corrected chi connectivity index (χ0v) is 30.1. The second-order valence-corrected chi connectivity index (χ2v) is 15.9. The molecule has 0 amide bonds. The van der Waals surface area contributed by atoms with Crippen LogP contribution in [0.3, 0.4) is 0 Å². The molecule has 0 atom stereocenters. The number of halogens is 2. The molecule has 3 aromatic carbocycles. The number of benzene rings is 3.